The fourth-order valence-corrected chi connectivity index (χ4v) is 0.923. The Morgan fingerprint density at radius 1 is 1.60 bits per heavy atom. The van der Waals surface area contributed by atoms with Crippen LogP contribution in [0.1, 0.15) is 12.5 Å². The molecule has 0 aromatic carbocycles. The molecule has 1 rings (SSSR count). The van der Waals surface area contributed by atoms with Crippen molar-refractivity contribution in [3.8, 4) is 0 Å². The van der Waals surface area contributed by atoms with Gasteiger partial charge in [0.05, 0.1) is 11.3 Å². The molecule has 8 heteroatoms. The first-order valence-corrected chi connectivity index (χ1v) is 4.33. The Kier molecular flexibility index (Phi) is 3.34. The van der Waals surface area contributed by atoms with Gasteiger partial charge >= 0.3 is 5.69 Å². The van der Waals surface area contributed by atoms with E-state index >= 15 is 0 Å². The summed E-state index contributed by atoms with van der Waals surface area (Å²) in [7, 11) is 0. The van der Waals surface area contributed by atoms with Crippen molar-refractivity contribution in [2.75, 3.05) is 0 Å². The molecule has 0 saturated heterocycles. The second-order valence-electron chi connectivity index (χ2n) is 2.66. The van der Waals surface area contributed by atoms with Crippen LogP contribution >= 0.6 is 12.2 Å². The van der Waals surface area contributed by atoms with E-state index in [1.165, 1.54) is 6.20 Å². The topological polar surface area (TPSA) is 116 Å². The summed E-state index contributed by atoms with van der Waals surface area (Å²) in [5.41, 5.74) is 6.99. The number of H-pyrrole nitrogens is 2. The van der Waals surface area contributed by atoms with Gasteiger partial charge in [-0.15, -0.1) is 0 Å². The zero-order chi connectivity index (χ0) is 11.4. The van der Waals surface area contributed by atoms with Gasteiger partial charge in [0.1, 0.15) is 0 Å². The Morgan fingerprint density at radius 3 is 2.80 bits per heavy atom. The van der Waals surface area contributed by atoms with Crippen LogP contribution in [0.4, 0.5) is 0 Å². The van der Waals surface area contributed by atoms with Crippen LogP contribution in [0.2, 0.25) is 0 Å². The van der Waals surface area contributed by atoms with Crippen LogP contribution in [0.15, 0.2) is 20.9 Å². The van der Waals surface area contributed by atoms with Gasteiger partial charge in [-0.05, 0) is 19.1 Å². The fourth-order valence-electron chi connectivity index (χ4n) is 0.878. The second kappa shape index (κ2) is 4.51. The van der Waals surface area contributed by atoms with Crippen molar-refractivity contribution in [2.24, 2.45) is 10.8 Å². The maximum absolute atomic E-state index is 11.3. The molecule has 0 aliphatic heterocycles. The maximum atomic E-state index is 11.3. The van der Waals surface area contributed by atoms with Gasteiger partial charge in [0, 0.05) is 6.20 Å². The number of hydrazone groups is 1. The molecular formula is C7H9N5O2S. The summed E-state index contributed by atoms with van der Waals surface area (Å²) in [4.78, 5) is 26.4. The Morgan fingerprint density at radius 2 is 2.27 bits per heavy atom. The van der Waals surface area contributed by atoms with Crippen LogP contribution in [0.5, 0.6) is 0 Å². The minimum atomic E-state index is -0.571. The maximum Gasteiger partial charge on any atom is 0.325 e. The van der Waals surface area contributed by atoms with Crippen LogP contribution in [0.3, 0.4) is 0 Å². The summed E-state index contributed by atoms with van der Waals surface area (Å²) < 4.78 is 0. The van der Waals surface area contributed by atoms with Gasteiger partial charge in [-0.2, -0.15) is 5.10 Å². The van der Waals surface area contributed by atoms with Crippen molar-refractivity contribution < 1.29 is 0 Å². The summed E-state index contributed by atoms with van der Waals surface area (Å²) in [6, 6.07) is 0. The first-order valence-electron chi connectivity index (χ1n) is 3.93. The number of aromatic amines is 2. The molecule has 1 aromatic rings. The molecule has 15 heavy (non-hydrogen) atoms. The molecule has 0 fully saturated rings. The third-order valence-electron chi connectivity index (χ3n) is 1.54. The van der Waals surface area contributed by atoms with E-state index in [2.05, 4.69) is 32.7 Å². The highest BCUT2D eigenvalue weighted by Crippen LogP contribution is 1.87. The van der Waals surface area contributed by atoms with E-state index < -0.39 is 11.2 Å². The molecule has 0 amide bonds. The van der Waals surface area contributed by atoms with E-state index in [0.717, 1.165) is 0 Å². The van der Waals surface area contributed by atoms with E-state index in [1.54, 1.807) is 6.92 Å². The Labute approximate surface area is 89.4 Å². The zero-order valence-corrected chi connectivity index (χ0v) is 8.64. The molecule has 0 radical (unpaired) electrons. The number of nitrogens with one attached hydrogen (secondary N) is 3. The first kappa shape index (κ1) is 11.1. The summed E-state index contributed by atoms with van der Waals surface area (Å²) in [5, 5.41) is 3.74. The van der Waals surface area contributed by atoms with E-state index in [9.17, 15) is 9.59 Å². The van der Waals surface area contributed by atoms with Crippen LogP contribution in [0, 0.1) is 0 Å². The molecule has 0 aliphatic carbocycles. The number of thiocarbonyl (C=S) groups is 1. The van der Waals surface area contributed by atoms with Crippen LogP contribution in [-0.2, 0) is 0 Å². The Bertz CT molecular complexity index is 515. The molecule has 5 N–H and O–H groups in total. The number of nitrogens with zero attached hydrogens (tertiary/aromatic N) is 1. The van der Waals surface area contributed by atoms with Crippen molar-refractivity contribution in [3.63, 3.8) is 0 Å². The van der Waals surface area contributed by atoms with E-state index in [1.807, 2.05) is 0 Å². The van der Waals surface area contributed by atoms with Crippen LogP contribution < -0.4 is 22.4 Å². The molecule has 1 heterocycles. The third-order valence-corrected chi connectivity index (χ3v) is 1.63. The summed E-state index contributed by atoms with van der Waals surface area (Å²) in [6.07, 6.45) is 1.27. The summed E-state index contributed by atoms with van der Waals surface area (Å²) >= 11 is 4.53. The van der Waals surface area contributed by atoms with E-state index in [-0.39, 0.29) is 10.7 Å². The van der Waals surface area contributed by atoms with Gasteiger partial charge in [-0.25, -0.2) is 4.79 Å². The van der Waals surface area contributed by atoms with Crippen molar-refractivity contribution in [1.82, 2.24) is 15.4 Å². The lowest BCUT2D eigenvalue weighted by Crippen LogP contribution is -2.29. The van der Waals surface area contributed by atoms with Crippen molar-refractivity contribution in [3.05, 3.63) is 32.6 Å². The van der Waals surface area contributed by atoms with Gasteiger partial charge in [0.25, 0.3) is 5.56 Å². The lowest BCUT2D eigenvalue weighted by molar-refractivity contribution is 1.00. The number of hydrogen-bond acceptors (Lipinski definition) is 4. The first-order chi connectivity index (χ1) is 7.00. The summed E-state index contributed by atoms with van der Waals surface area (Å²) in [6.45, 7) is 1.58. The average Bonchev–Trinajstić information content (AvgIpc) is 2.14. The molecule has 0 unspecified atom stereocenters. The molecule has 0 atom stereocenters. The molecule has 0 saturated carbocycles. The van der Waals surface area contributed by atoms with E-state index in [4.69, 9.17) is 5.73 Å². The lowest BCUT2D eigenvalue weighted by atomic mass is 10.2. The van der Waals surface area contributed by atoms with Crippen LogP contribution in [-0.4, -0.2) is 20.8 Å². The number of hydrogen-bond donors (Lipinski definition) is 4. The van der Waals surface area contributed by atoms with Crippen molar-refractivity contribution in [1.29, 1.82) is 0 Å². The van der Waals surface area contributed by atoms with E-state index in [0.29, 0.717) is 5.71 Å². The quantitative estimate of drug-likeness (QED) is 0.282. The van der Waals surface area contributed by atoms with Gasteiger partial charge in [-0.3, -0.25) is 15.2 Å². The van der Waals surface area contributed by atoms with Gasteiger partial charge in [0.2, 0.25) is 0 Å². The largest absolute Gasteiger partial charge is 0.375 e. The van der Waals surface area contributed by atoms with Crippen molar-refractivity contribution >= 4 is 23.0 Å². The average molecular weight is 227 g/mol. The minimum absolute atomic E-state index is 0.00444. The second-order valence-corrected chi connectivity index (χ2v) is 3.10. The van der Waals surface area contributed by atoms with Gasteiger partial charge in [-0.1, -0.05) is 0 Å². The third kappa shape index (κ3) is 3.02. The number of aromatic nitrogens is 2. The number of nitrogens with two attached hydrogens (primary N) is 1. The molecule has 1 aromatic heterocycles. The van der Waals surface area contributed by atoms with Gasteiger partial charge < -0.3 is 10.7 Å². The predicted molar refractivity (Wildman–Crippen MR) is 59.8 cm³/mol. The highest BCUT2D eigenvalue weighted by atomic mass is 32.1. The van der Waals surface area contributed by atoms with Gasteiger partial charge in [0.15, 0.2) is 5.11 Å². The molecule has 0 spiro atoms. The molecule has 80 valence electrons. The molecule has 0 bridgehead atoms. The van der Waals surface area contributed by atoms with Crippen LogP contribution in [0.25, 0.3) is 0 Å². The van der Waals surface area contributed by atoms with Crippen molar-refractivity contribution in [2.45, 2.75) is 6.92 Å². The SMILES string of the molecule is CC(=NNC(N)=S)c1c[nH]c(=O)[nH]c1=O. The highest BCUT2D eigenvalue weighted by molar-refractivity contribution is 7.80. The summed E-state index contributed by atoms with van der Waals surface area (Å²) in [5.74, 6) is 0. The monoisotopic (exact) mass is 227 g/mol. The lowest BCUT2D eigenvalue weighted by Gasteiger charge is -1.99. The zero-order valence-electron chi connectivity index (χ0n) is 7.83. The standard InChI is InChI=1S/C7H9N5O2S/c1-3(11-12-6(8)15)4-2-9-7(14)10-5(4)13/h2H,1H3,(H3,8,12,15)(H2,9,10,13,14). The predicted octanol–water partition coefficient (Wildman–Crippen LogP) is -1.38. The minimum Gasteiger partial charge on any atom is -0.375 e. The number of rotatable bonds is 2. The smallest absolute Gasteiger partial charge is 0.325 e. The Balaban J connectivity index is 3.06. The fraction of sp³-hybridized carbons (Fsp3) is 0.143. The Hall–Kier alpha value is -1.96. The normalized spacial score (nSPS) is 11.1. The molecule has 7 nitrogen and oxygen atoms in total. The highest BCUT2D eigenvalue weighted by Gasteiger charge is 2.03. The molecule has 0 aliphatic rings. The molecular weight excluding hydrogens is 218 g/mol.